The van der Waals surface area contributed by atoms with E-state index in [0.717, 1.165) is 21.9 Å². The Morgan fingerprint density at radius 1 is 1.00 bits per heavy atom. The van der Waals surface area contributed by atoms with Gasteiger partial charge in [-0.3, -0.25) is 14.9 Å². The molecule has 4 amide bonds. The minimum atomic E-state index is -0.381. The number of hydrogen-bond donors (Lipinski definition) is 2. The van der Waals surface area contributed by atoms with Crippen molar-refractivity contribution >= 4 is 40.0 Å². The van der Waals surface area contributed by atoms with Gasteiger partial charge in [-0.25, -0.2) is 9.69 Å². The lowest BCUT2D eigenvalue weighted by Crippen LogP contribution is -2.29. The molecule has 4 rings (SSSR count). The third kappa shape index (κ3) is 3.72. The maximum Gasteiger partial charge on any atom is 0.321 e. The van der Waals surface area contributed by atoms with Crippen LogP contribution in [0.3, 0.4) is 0 Å². The number of aromatic nitrogens is 2. The molecule has 2 aromatic carbocycles. The van der Waals surface area contributed by atoms with Crippen molar-refractivity contribution in [1.82, 2.24) is 15.5 Å². The normalized spacial score (nSPS) is 12.8. The number of benzene rings is 2. The van der Waals surface area contributed by atoms with E-state index >= 15 is 0 Å². The summed E-state index contributed by atoms with van der Waals surface area (Å²) in [5.41, 5.74) is 2.13. The summed E-state index contributed by atoms with van der Waals surface area (Å²) >= 11 is 1.33. The molecule has 1 aromatic heterocycles. The number of fused-ring (bicyclic) bond motifs is 1. The first-order chi connectivity index (χ1) is 14.1. The van der Waals surface area contributed by atoms with Crippen molar-refractivity contribution in [3.05, 3.63) is 70.2 Å². The predicted octanol–water partition coefficient (Wildman–Crippen LogP) is 3.22. The number of carbonyl (C=O) groups is 3. The van der Waals surface area contributed by atoms with Crippen LogP contribution in [0.5, 0.6) is 0 Å². The van der Waals surface area contributed by atoms with Crippen molar-refractivity contribution < 1.29 is 14.4 Å². The smallest absolute Gasteiger partial charge is 0.321 e. The van der Waals surface area contributed by atoms with Gasteiger partial charge in [-0.1, -0.05) is 42.5 Å². The van der Waals surface area contributed by atoms with Gasteiger partial charge in [-0.2, -0.15) is 0 Å². The fourth-order valence-corrected chi connectivity index (χ4v) is 3.63. The molecule has 0 unspecified atom stereocenters. The van der Waals surface area contributed by atoms with Crippen molar-refractivity contribution in [2.45, 2.75) is 19.9 Å². The number of amides is 4. The van der Waals surface area contributed by atoms with Gasteiger partial charge < -0.3 is 5.32 Å². The van der Waals surface area contributed by atoms with E-state index < -0.39 is 0 Å². The Morgan fingerprint density at radius 3 is 2.24 bits per heavy atom. The first-order valence-electron chi connectivity index (χ1n) is 9.01. The van der Waals surface area contributed by atoms with E-state index in [2.05, 4.69) is 20.8 Å². The molecule has 29 heavy (non-hydrogen) atoms. The van der Waals surface area contributed by atoms with E-state index in [-0.39, 0.29) is 24.4 Å². The van der Waals surface area contributed by atoms with E-state index in [1.54, 1.807) is 48.5 Å². The van der Waals surface area contributed by atoms with Gasteiger partial charge in [0.2, 0.25) is 5.13 Å². The number of nitrogens with one attached hydrogen (secondary N) is 2. The molecule has 0 fully saturated rings. The third-order valence-corrected chi connectivity index (χ3v) is 5.41. The molecule has 0 spiro atoms. The van der Waals surface area contributed by atoms with Crippen molar-refractivity contribution in [3.63, 3.8) is 0 Å². The quantitative estimate of drug-likeness (QED) is 0.632. The monoisotopic (exact) mass is 407 g/mol. The zero-order chi connectivity index (χ0) is 20.4. The Labute approximate surface area is 170 Å². The van der Waals surface area contributed by atoms with Crippen molar-refractivity contribution in [3.8, 4) is 0 Å². The topological polar surface area (TPSA) is 104 Å². The van der Waals surface area contributed by atoms with Crippen LogP contribution < -0.4 is 15.5 Å². The first kappa shape index (κ1) is 18.8. The Balaban J connectivity index is 1.38. The maximum absolute atomic E-state index is 12.5. The number of aryl methyl sites for hydroxylation is 1. The highest BCUT2D eigenvalue weighted by Gasteiger charge is 2.36. The molecular formula is C20H17N5O3S. The molecule has 0 saturated heterocycles. The highest BCUT2D eigenvalue weighted by molar-refractivity contribution is 7.15. The number of hydrogen-bond acceptors (Lipinski definition) is 6. The van der Waals surface area contributed by atoms with Gasteiger partial charge in [0.15, 0.2) is 0 Å². The number of urea groups is 1. The van der Waals surface area contributed by atoms with Crippen LogP contribution >= 0.6 is 11.3 Å². The van der Waals surface area contributed by atoms with Gasteiger partial charge in [-0.15, -0.1) is 10.2 Å². The van der Waals surface area contributed by atoms with E-state index in [9.17, 15) is 14.4 Å². The summed E-state index contributed by atoms with van der Waals surface area (Å²) in [4.78, 5) is 38.2. The molecule has 0 saturated carbocycles. The largest absolute Gasteiger partial charge is 0.334 e. The van der Waals surface area contributed by atoms with Gasteiger partial charge >= 0.3 is 6.03 Å². The molecule has 8 nitrogen and oxygen atoms in total. The van der Waals surface area contributed by atoms with Gasteiger partial charge in [0.25, 0.3) is 11.8 Å². The van der Waals surface area contributed by atoms with Gasteiger partial charge in [-0.05, 0) is 36.2 Å². The zero-order valence-electron chi connectivity index (χ0n) is 15.5. The summed E-state index contributed by atoms with van der Waals surface area (Å²) < 4.78 is 0. The lowest BCUT2D eigenvalue weighted by Gasteiger charge is -2.14. The standard InChI is InChI=1S/C20H17N5O3S/c1-2-16-23-24-20(29-16)22-19(28)21-11-12-7-9-13(10-8-12)25-17(26)14-5-3-4-6-15(14)18(25)27/h3-10H,2,11H2,1H3,(H2,21,22,24,28). The number of anilines is 2. The van der Waals surface area contributed by atoms with Crippen molar-refractivity contribution in [2.75, 3.05) is 10.2 Å². The fourth-order valence-electron chi connectivity index (χ4n) is 2.96. The Bertz CT molecular complexity index is 1060. The zero-order valence-corrected chi connectivity index (χ0v) is 16.3. The molecule has 1 aliphatic rings. The Morgan fingerprint density at radius 2 is 1.66 bits per heavy atom. The number of nitrogens with zero attached hydrogens (tertiary/aromatic N) is 3. The molecule has 0 radical (unpaired) electrons. The Kier molecular flexibility index (Phi) is 5.05. The van der Waals surface area contributed by atoms with Crippen LogP contribution in [0.15, 0.2) is 48.5 Å². The summed E-state index contributed by atoms with van der Waals surface area (Å²) in [6.07, 6.45) is 0.764. The predicted molar refractivity (Wildman–Crippen MR) is 109 cm³/mol. The van der Waals surface area contributed by atoms with Crippen LogP contribution in [0.4, 0.5) is 15.6 Å². The molecule has 9 heteroatoms. The molecule has 146 valence electrons. The SMILES string of the molecule is CCc1nnc(NC(=O)NCc2ccc(N3C(=O)c4ccccc4C3=O)cc2)s1. The molecule has 0 atom stereocenters. The van der Waals surface area contributed by atoms with Crippen LogP contribution in [0.2, 0.25) is 0 Å². The summed E-state index contributed by atoms with van der Waals surface area (Å²) in [6.45, 7) is 2.25. The van der Waals surface area contributed by atoms with Crippen LogP contribution in [-0.2, 0) is 13.0 Å². The van der Waals surface area contributed by atoms with Gasteiger partial charge in [0.05, 0.1) is 16.8 Å². The average Bonchev–Trinajstić information content (AvgIpc) is 3.30. The summed E-state index contributed by atoms with van der Waals surface area (Å²) in [6, 6.07) is 13.3. The Hall–Kier alpha value is -3.59. The van der Waals surface area contributed by atoms with Gasteiger partial charge in [0.1, 0.15) is 5.01 Å². The van der Waals surface area contributed by atoms with Crippen molar-refractivity contribution in [1.29, 1.82) is 0 Å². The summed E-state index contributed by atoms with van der Waals surface area (Å²) in [7, 11) is 0. The third-order valence-electron chi connectivity index (χ3n) is 4.43. The molecule has 2 heterocycles. The molecule has 3 aromatic rings. The molecular weight excluding hydrogens is 390 g/mol. The number of imide groups is 1. The van der Waals surface area contributed by atoms with Crippen LogP contribution in [0, 0.1) is 0 Å². The lowest BCUT2D eigenvalue weighted by atomic mass is 10.1. The van der Waals surface area contributed by atoms with E-state index in [4.69, 9.17) is 0 Å². The van der Waals surface area contributed by atoms with Crippen LogP contribution in [0.25, 0.3) is 0 Å². The average molecular weight is 407 g/mol. The lowest BCUT2D eigenvalue weighted by molar-refractivity contribution is 0.0926. The molecule has 0 bridgehead atoms. The fraction of sp³-hybridized carbons (Fsp3) is 0.150. The molecule has 2 N–H and O–H groups in total. The van der Waals surface area contributed by atoms with E-state index in [0.29, 0.717) is 21.9 Å². The molecule has 1 aliphatic heterocycles. The van der Waals surface area contributed by atoms with Crippen molar-refractivity contribution in [2.24, 2.45) is 0 Å². The summed E-state index contributed by atoms with van der Waals surface area (Å²) in [5, 5.41) is 14.5. The van der Waals surface area contributed by atoms with E-state index in [1.807, 2.05) is 6.92 Å². The maximum atomic E-state index is 12.5. The first-order valence-corrected chi connectivity index (χ1v) is 9.82. The summed E-state index contributed by atoms with van der Waals surface area (Å²) in [5.74, 6) is -0.668. The number of carbonyl (C=O) groups excluding carboxylic acids is 3. The van der Waals surface area contributed by atoms with Crippen LogP contribution in [-0.4, -0.2) is 28.0 Å². The second kappa shape index (κ2) is 7.80. The second-order valence-corrected chi connectivity index (χ2v) is 7.38. The van der Waals surface area contributed by atoms with E-state index in [1.165, 1.54) is 11.3 Å². The molecule has 0 aliphatic carbocycles. The minimum Gasteiger partial charge on any atom is -0.334 e. The highest BCUT2D eigenvalue weighted by atomic mass is 32.1. The minimum absolute atomic E-state index is 0.285. The highest BCUT2D eigenvalue weighted by Crippen LogP contribution is 2.28. The van der Waals surface area contributed by atoms with Crippen LogP contribution in [0.1, 0.15) is 38.2 Å². The van der Waals surface area contributed by atoms with Gasteiger partial charge in [0, 0.05) is 6.54 Å². The number of rotatable bonds is 5. The second-order valence-electron chi connectivity index (χ2n) is 6.32.